The van der Waals surface area contributed by atoms with Gasteiger partial charge in [0.15, 0.2) is 5.78 Å². The summed E-state index contributed by atoms with van der Waals surface area (Å²) in [4.78, 5) is 12.0. The number of aryl methyl sites for hydroxylation is 2. The molecule has 0 aliphatic heterocycles. The van der Waals surface area contributed by atoms with Crippen molar-refractivity contribution >= 4 is 21.7 Å². The van der Waals surface area contributed by atoms with E-state index in [2.05, 4.69) is 15.9 Å². The van der Waals surface area contributed by atoms with Gasteiger partial charge in [-0.2, -0.15) is 0 Å². The van der Waals surface area contributed by atoms with Crippen LogP contribution >= 0.6 is 15.9 Å². The lowest BCUT2D eigenvalue weighted by atomic mass is 10.0. The monoisotopic (exact) mass is 302 g/mol. The molecule has 0 aliphatic carbocycles. The van der Waals surface area contributed by atoms with Crippen molar-refractivity contribution in [1.29, 1.82) is 0 Å². The van der Waals surface area contributed by atoms with E-state index in [-0.39, 0.29) is 10.6 Å². The molecular weight excluding hydrogens is 288 g/mol. The Morgan fingerprint density at radius 1 is 0.889 bits per heavy atom. The first-order valence-corrected chi connectivity index (χ1v) is 6.81. The maximum absolute atomic E-state index is 12.3. The minimum absolute atomic E-state index is 0.0962. The normalized spacial score (nSPS) is 12.2. The molecule has 0 radical (unpaired) electrons. The molecule has 0 aromatic heterocycles. The van der Waals surface area contributed by atoms with Crippen LogP contribution < -0.4 is 0 Å². The van der Waals surface area contributed by atoms with Crippen LogP contribution in [0, 0.1) is 13.8 Å². The molecule has 0 aliphatic rings. The molecule has 0 amide bonds. The third kappa shape index (κ3) is 2.88. The zero-order valence-corrected chi connectivity index (χ0v) is 12.1. The molecule has 0 spiro atoms. The van der Waals surface area contributed by atoms with E-state index in [1.54, 1.807) is 0 Å². The van der Waals surface area contributed by atoms with E-state index in [1.807, 2.05) is 62.4 Å². The van der Waals surface area contributed by atoms with E-state index in [4.69, 9.17) is 0 Å². The average molecular weight is 303 g/mol. The Hall–Kier alpha value is -1.41. The molecule has 0 saturated heterocycles. The number of ketones is 1. The number of hydrogen-bond donors (Lipinski definition) is 0. The van der Waals surface area contributed by atoms with E-state index in [9.17, 15) is 4.79 Å². The lowest BCUT2D eigenvalue weighted by molar-refractivity contribution is 0.0991. The minimum atomic E-state index is -0.277. The standard InChI is InChI=1S/C16H15BrO/c1-11-3-7-13(8-4-11)15(17)16(18)14-9-5-12(2)6-10-14/h3-10,15H,1-2H3/t15-/m0/s1. The number of alkyl halides is 1. The molecule has 2 aromatic carbocycles. The number of carbonyl (C=O) groups is 1. The van der Waals surface area contributed by atoms with Gasteiger partial charge >= 0.3 is 0 Å². The van der Waals surface area contributed by atoms with Gasteiger partial charge in [-0.25, -0.2) is 0 Å². The van der Waals surface area contributed by atoms with E-state index in [1.165, 1.54) is 5.56 Å². The number of Topliss-reactive ketones (excluding diaryl/α,β-unsaturated/α-hetero) is 1. The summed E-state index contributed by atoms with van der Waals surface area (Å²) in [6.45, 7) is 4.05. The van der Waals surface area contributed by atoms with Crippen molar-refractivity contribution in [2.45, 2.75) is 18.7 Å². The molecule has 0 bridgehead atoms. The average Bonchev–Trinajstić information content (AvgIpc) is 2.39. The molecule has 1 nitrogen and oxygen atoms in total. The number of hydrogen-bond acceptors (Lipinski definition) is 1. The molecule has 2 aromatic rings. The van der Waals surface area contributed by atoms with Crippen molar-refractivity contribution < 1.29 is 4.79 Å². The van der Waals surface area contributed by atoms with Gasteiger partial charge in [-0.15, -0.1) is 0 Å². The van der Waals surface area contributed by atoms with Crippen LogP contribution in [-0.2, 0) is 0 Å². The number of halogens is 1. The Labute approximate surface area is 116 Å². The Kier molecular flexibility index (Phi) is 3.97. The Balaban J connectivity index is 2.23. The van der Waals surface area contributed by atoms with Gasteiger partial charge in [0.25, 0.3) is 0 Å². The molecule has 0 N–H and O–H groups in total. The molecule has 1 atom stereocenters. The first-order chi connectivity index (χ1) is 8.58. The van der Waals surface area contributed by atoms with Crippen LogP contribution in [0.3, 0.4) is 0 Å². The molecule has 0 heterocycles. The Morgan fingerprint density at radius 2 is 1.33 bits per heavy atom. The zero-order chi connectivity index (χ0) is 13.1. The van der Waals surface area contributed by atoms with Gasteiger partial charge in [-0.1, -0.05) is 75.6 Å². The van der Waals surface area contributed by atoms with Gasteiger partial charge in [-0.3, -0.25) is 4.79 Å². The van der Waals surface area contributed by atoms with Crippen LogP contribution in [0.4, 0.5) is 0 Å². The number of benzene rings is 2. The molecule has 0 fully saturated rings. The summed E-state index contributed by atoms with van der Waals surface area (Å²) in [6.07, 6.45) is 0. The molecule has 92 valence electrons. The molecule has 2 rings (SSSR count). The molecule has 2 heteroatoms. The molecule has 0 unspecified atom stereocenters. The van der Waals surface area contributed by atoms with Crippen molar-refractivity contribution in [3.8, 4) is 0 Å². The third-order valence-electron chi connectivity index (χ3n) is 2.94. The number of rotatable bonds is 3. The minimum Gasteiger partial charge on any atom is -0.293 e. The molecule has 18 heavy (non-hydrogen) atoms. The van der Waals surface area contributed by atoms with E-state index in [0.29, 0.717) is 0 Å². The maximum atomic E-state index is 12.3. The highest BCUT2D eigenvalue weighted by molar-refractivity contribution is 9.09. The zero-order valence-electron chi connectivity index (χ0n) is 10.5. The van der Waals surface area contributed by atoms with Crippen LogP contribution in [0.25, 0.3) is 0 Å². The first-order valence-electron chi connectivity index (χ1n) is 5.89. The largest absolute Gasteiger partial charge is 0.293 e. The van der Waals surface area contributed by atoms with Gasteiger partial charge in [0.2, 0.25) is 0 Å². The summed E-state index contributed by atoms with van der Waals surface area (Å²) in [5, 5.41) is 0. The van der Waals surface area contributed by atoms with Crippen molar-refractivity contribution in [1.82, 2.24) is 0 Å². The van der Waals surface area contributed by atoms with Crippen molar-refractivity contribution in [3.05, 3.63) is 70.8 Å². The van der Waals surface area contributed by atoms with Gasteiger partial charge < -0.3 is 0 Å². The van der Waals surface area contributed by atoms with Gasteiger partial charge in [0.1, 0.15) is 4.83 Å². The van der Waals surface area contributed by atoms with Crippen LogP contribution in [0.1, 0.15) is 31.9 Å². The highest BCUT2D eigenvalue weighted by atomic mass is 79.9. The molecular formula is C16H15BrO. The summed E-state index contributed by atoms with van der Waals surface area (Å²) in [6, 6.07) is 15.7. The summed E-state index contributed by atoms with van der Waals surface area (Å²) in [5.41, 5.74) is 4.09. The predicted octanol–water partition coefficient (Wildman–Crippen LogP) is 4.62. The summed E-state index contributed by atoms with van der Waals surface area (Å²) in [5.74, 6) is 0.0962. The lowest BCUT2D eigenvalue weighted by Gasteiger charge is -2.10. The smallest absolute Gasteiger partial charge is 0.180 e. The fraction of sp³-hybridized carbons (Fsp3) is 0.188. The Morgan fingerprint density at radius 3 is 1.83 bits per heavy atom. The fourth-order valence-corrected chi connectivity index (χ4v) is 2.32. The van der Waals surface area contributed by atoms with Crippen molar-refractivity contribution in [2.24, 2.45) is 0 Å². The second kappa shape index (κ2) is 5.49. The van der Waals surface area contributed by atoms with Crippen molar-refractivity contribution in [3.63, 3.8) is 0 Å². The van der Waals surface area contributed by atoms with Crippen LogP contribution in [0.5, 0.6) is 0 Å². The number of carbonyl (C=O) groups excluding carboxylic acids is 1. The van der Waals surface area contributed by atoms with Crippen LogP contribution in [0.15, 0.2) is 48.5 Å². The van der Waals surface area contributed by atoms with Gasteiger partial charge in [0.05, 0.1) is 0 Å². The summed E-state index contributed by atoms with van der Waals surface area (Å²) < 4.78 is 0. The summed E-state index contributed by atoms with van der Waals surface area (Å²) in [7, 11) is 0. The second-order valence-corrected chi connectivity index (χ2v) is 5.42. The third-order valence-corrected chi connectivity index (χ3v) is 3.88. The first kappa shape index (κ1) is 13.0. The predicted molar refractivity (Wildman–Crippen MR) is 78.4 cm³/mol. The summed E-state index contributed by atoms with van der Waals surface area (Å²) >= 11 is 3.48. The fourth-order valence-electron chi connectivity index (χ4n) is 1.75. The van der Waals surface area contributed by atoms with Crippen LogP contribution in [0.2, 0.25) is 0 Å². The van der Waals surface area contributed by atoms with Crippen LogP contribution in [-0.4, -0.2) is 5.78 Å². The lowest BCUT2D eigenvalue weighted by Crippen LogP contribution is -2.07. The second-order valence-electron chi connectivity index (χ2n) is 4.50. The van der Waals surface area contributed by atoms with Gasteiger partial charge in [0, 0.05) is 5.56 Å². The van der Waals surface area contributed by atoms with E-state index in [0.717, 1.165) is 16.7 Å². The van der Waals surface area contributed by atoms with E-state index >= 15 is 0 Å². The maximum Gasteiger partial charge on any atom is 0.180 e. The van der Waals surface area contributed by atoms with Crippen molar-refractivity contribution in [2.75, 3.05) is 0 Å². The topological polar surface area (TPSA) is 17.1 Å². The van der Waals surface area contributed by atoms with Gasteiger partial charge in [-0.05, 0) is 19.4 Å². The molecule has 0 saturated carbocycles. The highest BCUT2D eigenvalue weighted by Gasteiger charge is 2.18. The highest BCUT2D eigenvalue weighted by Crippen LogP contribution is 2.27. The Bertz CT molecular complexity index is 540. The SMILES string of the molecule is Cc1ccc(C(=O)[C@@H](Br)c2ccc(C)cc2)cc1. The van der Waals surface area contributed by atoms with E-state index < -0.39 is 0 Å². The quantitative estimate of drug-likeness (QED) is 0.597.